The number of amides is 1. The predicted octanol–water partition coefficient (Wildman–Crippen LogP) is 4.01. The molecule has 7 nitrogen and oxygen atoms in total. The molecule has 0 aliphatic heterocycles. The van der Waals surface area contributed by atoms with E-state index >= 15 is 4.39 Å². The van der Waals surface area contributed by atoms with Crippen LogP contribution in [0.15, 0.2) is 42.9 Å². The number of nitrogens with zero attached hydrogens (tertiary/aromatic N) is 4. The van der Waals surface area contributed by atoms with E-state index in [1.807, 2.05) is 0 Å². The van der Waals surface area contributed by atoms with E-state index in [1.54, 1.807) is 4.40 Å². The van der Waals surface area contributed by atoms with Gasteiger partial charge in [0.25, 0.3) is 5.91 Å². The summed E-state index contributed by atoms with van der Waals surface area (Å²) in [4.78, 5) is 22.9. The van der Waals surface area contributed by atoms with Crippen LogP contribution >= 0.6 is 0 Å². The van der Waals surface area contributed by atoms with Crippen molar-refractivity contribution in [2.45, 2.75) is 24.7 Å². The van der Waals surface area contributed by atoms with Crippen molar-refractivity contribution >= 4 is 28.3 Å². The number of halogens is 4. The van der Waals surface area contributed by atoms with Crippen LogP contribution in [0, 0.1) is 5.82 Å². The Morgan fingerprint density at radius 2 is 2.00 bits per heavy atom. The van der Waals surface area contributed by atoms with E-state index in [-0.39, 0.29) is 23.3 Å². The molecule has 0 saturated heterocycles. The van der Waals surface area contributed by atoms with Crippen LogP contribution in [0.25, 0.3) is 16.6 Å². The second kappa shape index (κ2) is 7.66. The zero-order valence-corrected chi connectivity index (χ0v) is 18.1. The third kappa shape index (κ3) is 3.35. The van der Waals surface area contributed by atoms with Crippen LogP contribution in [0.4, 0.5) is 23.4 Å². The molecule has 176 valence electrons. The molecule has 0 bridgehead atoms. The number of rotatable bonds is 3. The summed E-state index contributed by atoms with van der Waals surface area (Å²) in [6.45, 7) is 0. The third-order valence-electron chi connectivity index (χ3n) is 6.30. The van der Waals surface area contributed by atoms with Crippen molar-refractivity contribution < 1.29 is 27.1 Å². The lowest BCUT2D eigenvalue weighted by Gasteiger charge is -2.30. The van der Waals surface area contributed by atoms with Gasteiger partial charge in [-0.1, -0.05) is 6.07 Å². The first-order valence-corrected chi connectivity index (χ1v) is 10.3. The molecule has 2 heterocycles. The largest absolute Gasteiger partial charge is 0.416 e. The summed E-state index contributed by atoms with van der Waals surface area (Å²) in [5.41, 5.74) is 7.08. The van der Waals surface area contributed by atoms with Gasteiger partial charge in [-0.25, -0.2) is 14.4 Å². The fourth-order valence-corrected chi connectivity index (χ4v) is 4.62. The molecule has 5 rings (SSSR count). The highest BCUT2D eigenvalue weighted by Crippen LogP contribution is 2.41. The van der Waals surface area contributed by atoms with Gasteiger partial charge in [-0.3, -0.25) is 9.20 Å². The molecule has 0 spiro atoms. The number of carbonyl (C=O) groups is 1. The second-order valence-corrected chi connectivity index (χ2v) is 8.22. The highest BCUT2D eigenvalue weighted by atomic mass is 19.4. The normalized spacial score (nSPS) is 17.9. The summed E-state index contributed by atoms with van der Waals surface area (Å²) in [6.07, 6.45) is -1.89. The lowest BCUT2D eigenvalue weighted by Crippen LogP contribution is -2.37. The first-order valence-electron chi connectivity index (χ1n) is 10.3. The standard InChI is InChI=1S/C23H19F4N5O2/c1-31(20-13-4-3-12(23(25,26)27)5-11(13)6-19(20)34-2)22(33)14-7-17-16(8-15(14)24)30-21(28)18-9-29-10-32(17)18/h3-5,7-10,19-20H,6H2,1-2H3,(H2,28,30)/t19-,20+/m1/s1. The third-order valence-corrected chi connectivity index (χ3v) is 6.30. The van der Waals surface area contributed by atoms with E-state index in [0.29, 0.717) is 22.2 Å². The van der Waals surface area contributed by atoms with E-state index in [0.717, 1.165) is 18.2 Å². The van der Waals surface area contributed by atoms with Crippen LogP contribution in [-0.4, -0.2) is 45.4 Å². The summed E-state index contributed by atoms with van der Waals surface area (Å²) >= 11 is 0. The second-order valence-electron chi connectivity index (χ2n) is 8.22. The summed E-state index contributed by atoms with van der Waals surface area (Å²) in [5, 5.41) is 0. The Hall–Kier alpha value is -3.73. The maximum atomic E-state index is 15.0. The molecule has 2 N–H and O–H groups in total. The number of carbonyl (C=O) groups excluding carboxylic acids is 1. The minimum atomic E-state index is -4.48. The SMILES string of the molecule is CO[C@@H]1Cc2cc(C(F)(F)F)ccc2[C@@H]1N(C)C(=O)c1cc2c(cc1F)nc(N)c1cncn12. The van der Waals surface area contributed by atoms with Crippen molar-refractivity contribution in [1.29, 1.82) is 0 Å². The number of anilines is 1. The van der Waals surface area contributed by atoms with Gasteiger partial charge in [0.05, 0.1) is 46.8 Å². The first-order chi connectivity index (χ1) is 16.1. The van der Waals surface area contributed by atoms with Gasteiger partial charge in [0.1, 0.15) is 17.2 Å². The average Bonchev–Trinajstić information content (AvgIpc) is 3.42. The summed E-state index contributed by atoms with van der Waals surface area (Å²) in [5.74, 6) is -1.27. The molecule has 2 atom stereocenters. The Balaban J connectivity index is 1.57. The molecule has 0 saturated carbocycles. The van der Waals surface area contributed by atoms with Crippen molar-refractivity contribution in [3.05, 3.63) is 70.9 Å². The smallest absolute Gasteiger partial charge is 0.382 e. The molecular formula is C23H19F4N5O2. The van der Waals surface area contributed by atoms with Crippen molar-refractivity contribution in [3.63, 3.8) is 0 Å². The molecule has 11 heteroatoms. The molecule has 1 aliphatic carbocycles. The number of fused-ring (bicyclic) bond motifs is 4. The molecule has 2 aromatic carbocycles. The fraction of sp³-hybridized carbons (Fsp3) is 0.261. The Labute approximate surface area is 190 Å². The Morgan fingerprint density at radius 3 is 2.71 bits per heavy atom. The van der Waals surface area contributed by atoms with Crippen molar-refractivity contribution in [1.82, 2.24) is 19.3 Å². The quantitative estimate of drug-likeness (QED) is 0.455. The number of alkyl halides is 3. The molecular weight excluding hydrogens is 454 g/mol. The van der Waals surface area contributed by atoms with Crippen LogP contribution < -0.4 is 5.73 Å². The van der Waals surface area contributed by atoms with Crippen molar-refractivity contribution in [2.75, 3.05) is 19.9 Å². The maximum Gasteiger partial charge on any atom is 0.416 e. The minimum Gasteiger partial charge on any atom is -0.382 e. The van der Waals surface area contributed by atoms with Gasteiger partial charge < -0.3 is 15.4 Å². The molecule has 0 radical (unpaired) electrons. The van der Waals surface area contributed by atoms with Gasteiger partial charge in [-0.05, 0) is 29.3 Å². The number of methoxy groups -OCH3 is 1. The first kappa shape index (κ1) is 22.1. The summed E-state index contributed by atoms with van der Waals surface area (Å²) in [6, 6.07) is 5.20. The van der Waals surface area contributed by atoms with Crippen LogP contribution in [0.1, 0.15) is 33.1 Å². The topological polar surface area (TPSA) is 85.8 Å². The number of aromatic nitrogens is 3. The zero-order chi connectivity index (χ0) is 24.4. The Morgan fingerprint density at radius 1 is 1.24 bits per heavy atom. The molecule has 4 aromatic rings. The summed E-state index contributed by atoms with van der Waals surface area (Å²) < 4.78 is 61.6. The monoisotopic (exact) mass is 473 g/mol. The molecule has 1 amide bonds. The van der Waals surface area contributed by atoms with Crippen molar-refractivity contribution in [2.24, 2.45) is 0 Å². The average molecular weight is 473 g/mol. The fourth-order valence-electron chi connectivity index (χ4n) is 4.62. The lowest BCUT2D eigenvalue weighted by atomic mass is 10.0. The van der Waals surface area contributed by atoms with Gasteiger partial charge in [0.2, 0.25) is 0 Å². The highest BCUT2D eigenvalue weighted by molar-refractivity contribution is 5.98. The van der Waals surface area contributed by atoms with E-state index in [9.17, 15) is 18.0 Å². The summed E-state index contributed by atoms with van der Waals surface area (Å²) in [7, 11) is 2.90. The predicted molar refractivity (Wildman–Crippen MR) is 116 cm³/mol. The van der Waals surface area contributed by atoms with E-state index in [2.05, 4.69) is 9.97 Å². The minimum absolute atomic E-state index is 0.171. The van der Waals surface area contributed by atoms with Crippen molar-refractivity contribution in [3.8, 4) is 0 Å². The number of likely N-dealkylation sites (N-methyl/N-ethyl adjacent to an activating group) is 1. The molecule has 0 unspecified atom stereocenters. The van der Waals surface area contributed by atoms with Gasteiger partial charge in [0.15, 0.2) is 0 Å². The van der Waals surface area contributed by atoms with E-state index in [1.165, 1.54) is 43.7 Å². The highest BCUT2D eigenvalue weighted by Gasteiger charge is 2.40. The maximum absolute atomic E-state index is 15.0. The van der Waals surface area contributed by atoms with Gasteiger partial charge in [-0.15, -0.1) is 0 Å². The zero-order valence-electron chi connectivity index (χ0n) is 18.1. The Bertz CT molecular complexity index is 1450. The van der Waals surface area contributed by atoms with E-state index < -0.39 is 35.6 Å². The van der Waals surface area contributed by atoms with Gasteiger partial charge in [0, 0.05) is 26.6 Å². The van der Waals surface area contributed by atoms with Crippen LogP contribution in [0.5, 0.6) is 0 Å². The number of hydrogen-bond donors (Lipinski definition) is 1. The molecule has 0 fully saturated rings. The number of nitrogen functional groups attached to an aromatic ring is 1. The van der Waals surface area contributed by atoms with Crippen LogP contribution in [0.2, 0.25) is 0 Å². The number of imidazole rings is 1. The molecule has 2 aromatic heterocycles. The number of ether oxygens (including phenoxy) is 1. The lowest BCUT2D eigenvalue weighted by molar-refractivity contribution is -0.137. The molecule has 34 heavy (non-hydrogen) atoms. The molecule has 1 aliphatic rings. The van der Waals surface area contributed by atoms with Crippen LogP contribution in [0.3, 0.4) is 0 Å². The van der Waals surface area contributed by atoms with Crippen LogP contribution in [-0.2, 0) is 17.3 Å². The number of nitrogens with two attached hydrogens (primary N) is 1. The van der Waals surface area contributed by atoms with E-state index in [4.69, 9.17) is 10.5 Å². The van der Waals surface area contributed by atoms with Gasteiger partial charge in [-0.2, -0.15) is 13.2 Å². The number of hydrogen-bond acceptors (Lipinski definition) is 5. The number of benzene rings is 2. The van der Waals surface area contributed by atoms with Gasteiger partial charge >= 0.3 is 6.18 Å². The Kier molecular flexibility index (Phi) is 4.97.